The number of fused-ring (bicyclic) bond motifs is 9. The molecule has 0 N–H and O–H groups in total. The summed E-state index contributed by atoms with van der Waals surface area (Å²) in [6.45, 7) is 0.609. The standard InChI is InChI=1S/C39H27NS/c1-3-13-28(14-4-1)38(29-15-5-2-6-16-29)40-26-27-23-24-37-35(25-27)39(34-21-11-12-22-36(34)41-37)32-19-9-7-17-30(32)31-18-8-10-20-33(31)39/h1-25H,26H2. The third kappa shape index (κ3) is 3.75. The highest BCUT2D eigenvalue weighted by Crippen LogP contribution is 2.62. The minimum atomic E-state index is -0.355. The molecule has 41 heavy (non-hydrogen) atoms. The minimum absolute atomic E-state index is 0.355. The number of benzene rings is 6. The van der Waals surface area contributed by atoms with E-state index < -0.39 is 0 Å². The molecular weight excluding hydrogens is 515 g/mol. The van der Waals surface area contributed by atoms with E-state index in [9.17, 15) is 0 Å². The predicted octanol–water partition coefficient (Wildman–Crippen LogP) is 9.55. The van der Waals surface area contributed by atoms with E-state index in [2.05, 4.69) is 152 Å². The normalized spacial score (nSPS) is 13.6. The number of nitrogens with zero attached hydrogens (tertiary/aromatic N) is 1. The van der Waals surface area contributed by atoms with E-state index in [-0.39, 0.29) is 5.41 Å². The van der Waals surface area contributed by atoms with Crippen LogP contribution in [0, 0.1) is 0 Å². The second-order valence-electron chi connectivity index (χ2n) is 10.7. The Morgan fingerprint density at radius 1 is 0.488 bits per heavy atom. The first kappa shape index (κ1) is 24.2. The molecule has 1 nitrogen and oxygen atoms in total. The van der Waals surface area contributed by atoms with Crippen LogP contribution in [0.4, 0.5) is 0 Å². The van der Waals surface area contributed by atoms with Crippen molar-refractivity contribution < 1.29 is 0 Å². The van der Waals surface area contributed by atoms with Gasteiger partial charge in [0, 0.05) is 20.9 Å². The number of hydrogen-bond acceptors (Lipinski definition) is 2. The molecule has 0 atom stereocenters. The third-order valence-corrected chi connectivity index (χ3v) is 9.58. The average Bonchev–Trinajstić information content (AvgIpc) is 3.34. The monoisotopic (exact) mass is 541 g/mol. The lowest BCUT2D eigenvalue weighted by atomic mass is 9.67. The van der Waals surface area contributed by atoms with Crippen molar-refractivity contribution in [1.29, 1.82) is 0 Å². The molecule has 1 spiro atoms. The fraction of sp³-hybridized carbons (Fsp3) is 0.0513. The Morgan fingerprint density at radius 3 is 1.63 bits per heavy atom. The van der Waals surface area contributed by atoms with Crippen molar-refractivity contribution in [3.8, 4) is 11.1 Å². The lowest BCUT2D eigenvalue weighted by Crippen LogP contribution is -2.32. The number of rotatable bonds is 4. The quantitative estimate of drug-likeness (QED) is 0.202. The van der Waals surface area contributed by atoms with E-state index in [4.69, 9.17) is 4.99 Å². The van der Waals surface area contributed by atoms with Crippen molar-refractivity contribution in [3.63, 3.8) is 0 Å². The second-order valence-corrected chi connectivity index (χ2v) is 11.8. The Kier molecular flexibility index (Phi) is 5.75. The van der Waals surface area contributed by atoms with E-state index in [1.54, 1.807) is 0 Å². The van der Waals surface area contributed by atoms with Crippen LogP contribution < -0.4 is 0 Å². The van der Waals surface area contributed by atoms with E-state index in [1.807, 2.05) is 11.8 Å². The fourth-order valence-corrected chi connectivity index (χ4v) is 7.89. The maximum absolute atomic E-state index is 5.24. The van der Waals surface area contributed by atoms with Gasteiger partial charge in [0.05, 0.1) is 17.7 Å². The Balaban J connectivity index is 1.33. The smallest absolute Gasteiger partial charge is 0.0735 e. The topological polar surface area (TPSA) is 12.4 Å². The van der Waals surface area contributed by atoms with Crippen LogP contribution in [0.2, 0.25) is 0 Å². The maximum atomic E-state index is 5.24. The van der Waals surface area contributed by atoms with Crippen molar-refractivity contribution in [2.75, 3.05) is 0 Å². The molecule has 0 aromatic heterocycles. The summed E-state index contributed by atoms with van der Waals surface area (Å²) in [4.78, 5) is 7.88. The van der Waals surface area contributed by atoms with Gasteiger partial charge in [-0.05, 0) is 51.1 Å². The Morgan fingerprint density at radius 2 is 1.00 bits per heavy atom. The average molecular weight is 542 g/mol. The summed E-state index contributed by atoms with van der Waals surface area (Å²) in [7, 11) is 0. The van der Waals surface area contributed by atoms with Crippen molar-refractivity contribution in [3.05, 3.63) is 191 Å². The summed E-state index contributed by atoms with van der Waals surface area (Å²) in [5, 5.41) is 0. The third-order valence-electron chi connectivity index (χ3n) is 8.43. The predicted molar refractivity (Wildman–Crippen MR) is 170 cm³/mol. The minimum Gasteiger partial charge on any atom is -0.279 e. The van der Waals surface area contributed by atoms with Gasteiger partial charge in [0.1, 0.15) is 0 Å². The van der Waals surface area contributed by atoms with Gasteiger partial charge in [-0.25, -0.2) is 0 Å². The lowest BCUT2D eigenvalue weighted by molar-refractivity contribution is 0.720. The first-order valence-electron chi connectivity index (χ1n) is 14.1. The van der Waals surface area contributed by atoms with Gasteiger partial charge in [0.15, 0.2) is 0 Å². The molecule has 0 bridgehead atoms. The zero-order valence-corrected chi connectivity index (χ0v) is 23.3. The summed E-state index contributed by atoms with van der Waals surface area (Å²) >= 11 is 1.88. The highest BCUT2D eigenvalue weighted by molar-refractivity contribution is 7.99. The summed E-state index contributed by atoms with van der Waals surface area (Å²) in [5.74, 6) is 0. The maximum Gasteiger partial charge on any atom is 0.0735 e. The van der Waals surface area contributed by atoms with Gasteiger partial charge in [0.2, 0.25) is 0 Å². The van der Waals surface area contributed by atoms with Crippen LogP contribution in [0.25, 0.3) is 11.1 Å². The largest absolute Gasteiger partial charge is 0.279 e. The van der Waals surface area contributed by atoms with Gasteiger partial charge >= 0.3 is 0 Å². The van der Waals surface area contributed by atoms with Crippen molar-refractivity contribution in [1.82, 2.24) is 0 Å². The summed E-state index contributed by atoms with van der Waals surface area (Å²) in [5.41, 5.74) is 12.3. The summed E-state index contributed by atoms with van der Waals surface area (Å²) in [6.07, 6.45) is 0. The van der Waals surface area contributed by atoms with Crippen LogP contribution in [0.15, 0.2) is 166 Å². The van der Waals surface area contributed by atoms with E-state index >= 15 is 0 Å². The van der Waals surface area contributed by atoms with Crippen LogP contribution in [0.5, 0.6) is 0 Å². The molecule has 6 aromatic carbocycles. The number of hydrogen-bond donors (Lipinski definition) is 0. The first-order chi connectivity index (χ1) is 20.3. The van der Waals surface area contributed by atoms with Gasteiger partial charge in [-0.15, -0.1) is 0 Å². The van der Waals surface area contributed by atoms with Gasteiger partial charge < -0.3 is 0 Å². The molecule has 2 heteroatoms. The van der Waals surface area contributed by atoms with E-state index in [1.165, 1.54) is 48.7 Å². The second kappa shape index (κ2) is 9.76. The Bertz CT molecular complexity index is 1850. The molecule has 2 aliphatic rings. The van der Waals surface area contributed by atoms with Crippen molar-refractivity contribution in [2.45, 2.75) is 21.8 Å². The van der Waals surface area contributed by atoms with Gasteiger partial charge in [-0.2, -0.15) is 0 Å². The van der Waals surface area contributed by atoms with E-state index in [0.29, 0.717) is 6.54 Å². The van der Waals surface area contributed by atoms with Gasteiger partial charge in [-0.1, -0.05) is 151 Å². The molecular formula is C39H27NS. The summed E-state index contributed by atoms with van der Waals surface area (Å²) in [6, 6.07) is 54.9. The lowest BCUT2D eigenvalue weighted by Gasteiger charge is -2.39. The molecule has 194 valence electrons. The van der Waals surface area contributed by atoms with E-state index in [0.717, 1.165) is 16.8 Å². The van der Waals surface area contributed by atoms with Crippen LogP contribution in [0.3, 0.4) is 0 Å². The molecule has 0 radical (unpaired) electrons. The van der Waals surface area contributed by atoms with Gasteiger partial charge in [-0.3, -0.25) is 4.99 Å². The molecule has 0 fully saturated rings. The SMILES string of the molecule is c1ccc(C(=NCc2ccc3c(c2)C2(c4ccccc4S3)c3ccccc3-c3ccccc32)c2ccccc2)cc1. The zero-order chi connectivity index (χ0) is 27.2. The molecule has 1 aliphatic heterocycles. The number of aliphatic imine (C=N–C) groups is 1. The summed E-state index contributed by atoms with van der Waals surface area (Å²) < 4.78 is 0. The molecule has 8 rings (SSSR count). The Hall–Kier alpha value is -4.66. The van der Waals surface area contributed by atoms with Crippen LogP contribution in [-0.2, 0) is 12.0 Å². The Labute approximate surface area is 245 Å². The fourth-order valence-electron chi connectivity index (χ4n) is 6.71. The molecule has 0 saturated carbocycles. The van der Waals surface area contributed by atoms with Crippen LogP contribution in [0.1, 0.15) is 38.9 Å². The molecule has 0 saturated heterocycles. The highest BCUT2D eigenvalue weighted by atomic mass is 32.2. The van der Waals surface area contributed by atoms with Crippen LogP contribution >= 0.6 is 11.8 Å². The van der Waals surface area contributed by atoms with Crippen molar-refractivity contribution >= 4 is 17.5 Å². The highest BCUT2D eigenvalue weighted by Gasteiger charge is 2.49. The van der Waals surface area contributed by atoms with Gasteiger partial charge in [0.25, 0.3) is 0 Å². The zero-order valence-electron chi connectivity index (χ0n) is 22.5. The molecule has 1 aliphatic carbocycles. The molecule has 6 aromatic rings. The molecule has 0 unspecified atom stereocenters. The molecule has 1 heterocycles. The molecule has 0 amide bonds. The van der Waals surface area contributed by atoms with Crippen LogP contribution in [-0.4, -0.2) is 5.71 Å². The first-order valence-corrected chi connectivity index (χ1v) is 14.9. The van der Waals surface area contributed by atoms with Crippen molar-refractivity contribution in [2.24, 2.45) is 4.99 Å².